The number of benzene rings is 2. The van der Waals surface area contributed by atoms with Gasteiger partial charge in [0.1, 0.15) is 22.9 Å². The van der Waals surface area contributed by atoms with Crippen LogP contribution in [0.5, 0.6) is 11.5 Å². The highest BCUT2D eigenvalue weighted by molar-refractivity contribution is 6.00. The molecule has 1 atom stereocenters. The number of aromatic nitrogens is 2. The standard InChI is InChI=1S/C26H31N3O4/c1-5-6-11-33-19-9-7-8-18(15-19)24-21-22(20-14-16(2)13-17(3)25(20)30)27-28-23(21)26(31)29(24)10-12-32-4/h7-9,13-15,24,30H,5-6,10-12H2,1-4H3,(H,27,28). The van der Waals surface area contributed by atoms with Gasteiger partial charge in [-0.15, -0.1) is 0 Å². The van der Waals surface area contributed by atoms with Gasteiger partial charge in [-0.1, -0.05) is 31.5 Å². The van der Waals surface area contributed by atoms with Crippen LogP contribution in [0.4, 0.5) is 0 Å². The lowest BCUT2D eigenvalue weighted by Gasteiger charge is -2.26. The average Bonchev–Trinajstić information content (AvgIpc) is 3.34. The molecule has 1 unspecified atom stereocenters. The largest absolute Gasteiger partial charge is 0.507 e. The van der Waals surface area contributed by atoms with Gasteiger partial charge in [0.05, 0.1) is 19.3 Å². The third-order valence-corrected chi connectivity index (χ3v) is 6.04. The molecule has 174 valence electrons. The minimum atomic E-state index is -0.369. The molecule has 2 heterocycles. The number of hydrogen-bond acceptors (Lipinski definition) is 5. The number of aryl methyl sites for hydroxylation is 2. The molecule has 3 aromatic rings. The molecule has 33 heavy (non-hydrogen) atoms. The summed E-state index contributed by atoms with van der Waals surface area (Å²) in [6.07, 6.45) is 2.04. The molecule has 0 saturated carbocycles. The third kappa shape index (κ3) is 4.33. The minimum Gasteiger partial charge on any atom is -0.507 e. The zero-order valence-corrected chi connectivity index (χ0v) is 19.6. The van der Waals surface area contributed by atoms with Gasteiger partial charge in [0.25, 0.3) is 5.91 Å². The molecule has 4 rings (SSSR count). The fraction of sp³-hybridized carbons (Fsp3) is 0.385. The van der Waals surface area contributed by atoms with Crippen LogP contribution in [0.1, 0.15) is 58.5 Å². The molecule has 0 fully saturated rings. The van der Waals surface area contributed by atoms with E-state index in [9.17, 15) is 9.90 Å². The highest BCUT2D eigenvalue weighted by Gasteiger charge is 2.42. The van der Waals surface area contributed by atoms with Gasteiger partial charge >= 0.3 is 0 Å². The number of rotatable bonds is 9. The molecule has 2 aromatic carbocycles. The summed E-state index contributed by atoms with van der Waals surface area (Å²) in [5, 5.41) is 18.2. The van der Waals surface area contributed by atoms with Crippen LogP contribution in [-0.2, 0) is 4.74 Å². The first-order valence-electron chi connectivity index (χ1n) is 11.4. The monoisotopic (exact) mass is 449 g/mol. The number of ether oxygens (including phenoxy) is 2. The second kappa shape index (κ2) is 9.67. The SMILES string of the molecule is CCCCOc1cccc(C2c3c(-c4cc(C)cc(C)c4O)n[nH]c3C(=O)N2CCOC)c1. The number of methoxy groups -OCH3 is 1. The summed E-state index contributed by atoms with van der Waals surface area (Å²) in [5.74, 6) is 0.813. The number of H-pyrrole nitrogens is 1. The Morgan fingerprint density at radius 2 is 2.00 bits per heavy atom. The van der Waals surface area contributed by atoms with E-state index in [1.807, 2.05) is 50.2 Å². The smallest absolute Gasteiger partial charge is 0.273 e. The molecule has 1 aliphatic heterocycles. The summed E-state index contributed by atoms with van der Waals surface area (Å²) in [5.41, 5.74) is 5.13. The number of phenolic OH excluding ortho intramolecular Hbond substituents is 1. The van der Waals surface area contributed by atoms with E-state index in [4.69, 9.17) is 9.47 Å². The van der Waals surface area contributed by atoms with Crippen LogP contribution in [0.2, 0.25) is 0 Å². The normalized spacial score (nSPS) is 15.2. The summed E-state index contributed by atoms with van der Waals surface area (Å²) in [4.78, 5) is 15.1. The molecular formula is C26H31N3O4. The van der Waals surface area contributed by atoms with Crippen molar-refractivity contribution < 1.29 is 19.4 Å². The van der Waals surface area contributed by atoms with Gasteiger partial charge in [-0.2, -0.15) is 5.10 Å². The molecule has 0 bridgehead atoms. The number of nitrogens with one attached hydrogen (secondary N) is 1. The summed E-state index contributed by atoms with van der Waals surface area (Å²) in [6, 6.07) is 11.3. The molecule has 1 amide bonds. The predicted molar refractivity (Wildman–Crippen MR) is 127 cm³/mol. The zero-order chi connectivity index (χ0) is 23.5. The fourth-order valence-corrected chi connectivity index (χ4v) is 4.42. The van der Waals surface area contributed by atoms with E-state index in [-0.39, 0.29) is 17.7 Å². The van der Waals surface area contributed by atoms with Crippen molar-refractivity contribution >= 4 is 5.91 Å². The van der Waals surface area contributed by atoms with Crippen molar-refractivity contribution in [3.05, 3.63) is 64.3 Å². The Hall–Kier alpha value is -3.32. The molecule has 1 aliphatic rings. The number of carbonyl (C=O) groups is 1. The second-order valence-electron chi connectivity index (χ2n) is 8.51. The van der Waals surface area contributed by atoms with Gasteiger partial charge in [-0.05, 0) is 55.2 Å². The average molecular weight is 450 g/mol. The van der Waals surface area contributed by atoms with Gasteiger partial charge in [0, 0.05) is 24.8 Å². The number of phenols is 1. The van der Waals surface area contributed by atoms with Gasteiger partial charge in [0.15, 0.2) is 0 Å². The fourth-order valence-electron chi connectivity index (χ4n) is 4.42. The van der Waals surface area contributed by atoms with Crippen LogP contribution in [-0.4, -0.2) is 53.0 Å². The molecular weight excluding hydrogens is 418 g/mol. The van der Waals surface area contributed by atoms with Gasteiger partial charge in [-0.25, -0.2) is 0 Å². The van der Waals surface area contributed by atoms with Crippen LogP contribution in [0.15, 0.2) is 36.4 Å². The van der Waals surface area contributed by atoms with Crippen LogP contribution < -0.4 is 4.74 Å². The Kier molecular flexibility index (Phi) is 6.70. The molecule has 1 aromatic heterocycles. The van der Waals surface area contributed by atoms with Crippen LogP contribution in [0, 0.1) is 13.8 Å². The van der Waals surface area contributed by atoms with E-state index < -0.39 is 0 Å². The Morgan fingerprint density at radius 3 is 2.76 bits per heavy atom. The lowest BCUT2D eigenvalue weighted by Crippen LogP contribution is -2.32. The van der Waals surface area contributed by atoms with Gasteiger partial charge < -0.3 is 19.5 Å². The number of nitrogens with zero attached hydrogens (tertiary/aromatic N) is 2. The Balaban J connectivity index is 1.83. The van der Waals surface area contributed by atoms with Gasteiger partial charge in [0.2, 0.25) is 0 Å². The molecule has 0 aliphatic carbocycles. The molecule has 2 N–H and O–H groups in total. The van der Waals surface area contributed by atoms with Crippen LogP contribution in [0.25, 0.3) is 11.3 Å². The second-order valence-corrected chi connectivity index (χ2v) is 8.51. The Bertz CT molecular complexity index is 1150. The maximum atomic E-state index is 13.4. The molecule has 0 saturated heterocycles. The number of unbranched alkanes of at least 4 members (excludes halogenated alkanes) is 1. The maximum Gasteiger partial charge on any atom is 0.273 e. The van der Waals surface area contributed by atoms with E-state index in [1.165, 1.54) is 0 Å². The zero-order valence-electron chi connectivity index (χ0n) is 19.6. The summed E-state index contributed by atoms with van der Waals surface area (Å²) in [7, 11) is 1.62. The number of carbonyl (C=O) groups excluding carboxylic acids is 1. The predicted octanol–water partition coefficient (Wildman–Crippen LogP) is 4.77. The quantitative estimate of drug-likeness (QED) is 0.460. The summed E-state index contributed by atoms with van der Waals surface area (Å²) in [6.45, 7) is 7.47. The highest BCUT2D eigenvalue weighted by atomic mass is 16.5. The van der Waals surface area contributed by atoms with Crippen molar-refractivity contribution in [1.29, 1.82) is 0 Å². The summed E-state index contributed by atoms with van der Waals surface area (Å²) < 4.78 is 11.2. The van der Waals surface area contributed by atoms with Crippen molar-refractivity contribution in [2.45, 2.75) is 39.7 Å². The number of aromatic hydroxyl groups is 1. The van der Waals surface area contributed by atoms with Crippen molar-refractivity contribution in [3.8, 4) is 22.8 Å². The number of fused-ring (bicyclic) bond motifs is 1. The highest BCUT2D eigenvalue weighted by Crippen LogP contribution is 2.45. The first-order chi connectivity index (χ1) is 16.0. The molecule has 7 heteroatoms. The molecule has 0 radical (unpaired) electrons. The molecule has 7 nitrogen and oxygen atoms in total. The Morgan fingerprint density at radius 1 is 1.18 bits per heavy atom. The first-order valence-corrected chi connectivity index (χ1v) is 11.4. The van der Waals surface area contributed by atoms with Gasteiger partial charge in [-0.3, -0.25) is 9.89 Å². The van der Waals surface area contributed by atoms with E-state index in [2.05, 4.69) is 17.1 Å². The van der Waals surface area contributed by atoms with Crippen molar-refractivity contribution in [3.63, 3.8) is 0 Å². The number of aromatic amines is 1. The third-order valence-electron chi connectivity index (χ3n) is 6.04. The van der Waals surface area contributed by atoms with Crippen LogP contribution in [0.3, 0.4) is 0 Å². The van der Waals surface area contributed by atoms with E-state index in [0.717, 1.165) is 40.8 Å². The summed E-state index contributed by atoms with van der Waals surface area (Å²) >= 11 is 0. The van der Waals surface area contributed by atoms with Crippen molar-refractivity contribution in [1.82, 2.24) is 15.1 Å². The van der Waals surface area contributed by atoms with E-state index in [1.54, 1.807) is 12.0 Å². The molecule has 0 spiro atoms. The lowest BCUT2D eigenvalue weighted by atomic mass is 9.94. The first kappa shape index (κ1) is 22.9. The maximum absolute atomic E-state index is 13.4. The van der Waals surface area contributed by atoms with Crippen molar-refractivity contribution in [2.24, 2.45) is 0 Å². The van der Waals surface area contributed by atoms with E-state index >= 15 is 0 Å². The Labute approximate surface area is 194 Å². The van der Waals surface area contributed by atoms with Crippen molar-refractivity contribution in [2.75, 3.05) is 26.9 Å². The number of amides is 1. The minimum absolute atomic E-state index is 0.132. The van der Waals surface area contributed by atoms with E-state index in [0.29, 0.717) is 36.7 Å². The topological polar surface area (TPSA) is 87.7 Å². The lowest BCUT2D eigenvalue weighted by molar-refractivity contribution is 0.0677. The number of hydrogen-bond donors (Lipinski definition) is 2. The van der Waals surface area contributed by atoms with Crippen LogP contribution >= 0.6 is 0 Å².